The van der Waals surface area contributed by atoms with E-state index < -0.39 is 10.0 Å². The topological polar surface area (TPSA) is 66.8 Å². The summed E-state index contributed by atoms with van der Waals surface area (Å²) in [6.45, 7) is 4.06. The minimum atomic E-state index is -3.48. The van der Waals surface area contributed by atoms with Gasteiger partial charge in [-0.2, -0.15) is 4.31 Å². The van der Waals surface area contributed by atoms with Gasteiger partial charge in [0.05, 0.1) is 11.5 Å². The third-order valence-corrected chi connectivity index (χ3v) is 4.99. The highest BCUT2D eigenvalue weighted by Gasteiger charge is 2.37. The minimum absolute atomic E-state index is 0.0746. The van der Waals surface area contributed by atoms with Crippen molar-refractivity contribution in [2.45, 2.75) is 23.8 Å². The van der Waals surface area contributed by atoms with E-state index in [-0.39, 0.29) is 24.2 Å². The number of rotatable bonds is 8. The largest absolute Gasteiger partial charge is 0.491 e. The molecule has 0 spiro atoms. The van der Waals surface area contributed by atoms with Crippen LogP contribution in [0.4, 0.5) is 0 Å². The molecule has 1 aromatic carbocycles. The van der Waals surface area contributed by atoms with Gasteiger partial charge in [0, 0.05) is 12.6 Å². The van der Waals surface area contributed by atoms with Crippen LogP contribution in [0.15, 0.2) is 41.8 Å². The summed E-state index contributed by atoms with van der Waals surface area (Å²) in [5.74, 6) is 0.541. The van der Waals surface area contributed by atoms with Gasteiger partial charge in [-0.3, -0.25) is 0 Å². The van der Waals surface area contributed by atoms with Gasteiger partial charge >= 0.3 is 0 Å². The summed E-state index contributed by atoms with van der Waals surface area (Å²) in [7, 11) is -3.48. The molecule has 1 N–H and O–H groups in total. The quantitative estimate of drug-likeness (QED) is 0.737. The predicted octanol–water partition coefficient (Wildman–Crippen LogP) is 1.40. The van der Waals surface area contributed by atoms with Gasteiger partial charge in [-0.15, -0.1) is 6.58 Å². The monoisotopic (exact) mass is 297 g/mol. The first-order valence-electron chi connectivity index (χ1n) is 6.56. The first kappa shape index (κ1) is 15.0. The second kappa shape index (κ2) is 6.39. The van der Waals surface area contributed by atoms with Crippen molar-refractivity contribution in [3.63, 3.8) is 0 Å². The molecule has 0 amide bonds. The van der Waals surface area contributed by atoms with Crippen LogP contribution in [0.3, 0.4) is 0 Å². The number of nitrogens with zero attached hydrogens (tertiary/aromatic N) is 1. The summed E-state index contributed by atoms with van der Waals surface area (Å²) in [4.78, 5) is 0.252. The van der Waals surface area contributed by atoms with Crippen LogP contribution >= 0.6 is 0 Å². The van der Waals surface area contributed by atoms with E-state index in [2.05, 4.69) is 6.58 Å². The molecule has 0 radical (unpaired) electrons. The van der Waals surface area contributed by atoms with Gasteiger partial charge in [-0.25, -0.2) is 8.42 Å². The van der Waals surface area contributed by atoms with Gasteiger partial charge in [0.2, 0.25) is 10.0 Å². The molecule has 0 bridgehead atoms. The Bertz CT molecular complexity index is 549. The lowest BCUT2D eigenvalue weighted by molar-refractivity contribution is 0.201. The average molecular weight is 297 g/mol. The number of aliphatic hydroxyl groups excluding tert-OH is 1. The lowest BCUT2D eigenvalue weighted by atomic mass is 10.3. The van der Waals surface area contributed by atoms with Crippen LogP contribution in [0, 0.1) is 0 Å². The van der Waals surface area contributed by atoms with Crippen LogP contribution in [-0.4, -0.2) is 43.6 Å². The highest BCUT2D eigenvalue weighted by molar-refractivity contribution is 7.89. The van der Waals surface area contributed by atoms with E-state index in [0.29, 0.717) is 12.3 Å². The van der Waals surface area contributed by atoms with E-state index in [0.717, 1.165) is 12.8 Å². The SMILES string of the molecule is C=CCN(C1CC1)S(=O)(=O)c1ccc(OCCO)cc1. The molecule has 0 saturated heterocycles. The fraction of sp³-hybridized carbons (Fsp3) is 0.429. The van der Waals surface area contributed by atoms with E-state index in [1.54, 1.807) is 18.2 Å². The van der Waals surface area contributed by atoms with E-state index in [1.807, 2.05) is 0 Å². The molecule has 0 unspecified atom stereocenters. The molecule has 1 fully saturated rings. The van der Waals surface area contributed by atoms with Crippen LogP contribution in [0.5, 0.6) is 5.75 Å². The molecule has 0 aliphatic heterocycles. The van der Waals surface area contributed by atoms with Gasteiger partial charge in [0.25, 0.3) is 0 Å². The zero-order valence-electron chi connectivity index (χ0n) is 11.2. The van der Waals surface area contributed by atoms with Crippen molar-refractivity contribution in [1.29, 1.82) is 0 Å². The predicted molar refractivity (Wildman–Crippen MR) is 76.1 cm³/mol. The maximum atomic E-state index is 12.5. The standard InChI is InChI=1S/C14H19NO4S/c1-2-9-15(12-3-4-12)20(17,18)14-7-5-13(6-8-14)19-11-10-16/h2,5-8,12,16H,1,3-4,9-11H2. The average Bonchev–Trinajstić information content (AvgIpc) is 3.27. The summed E-state index contributed by atoms with van der Waals surface area (Å²) in [6.07, 6.45) is 3.42. The van der Waals surface area contributed by atoms with Crippen molar-refractivity contribution in [3.05, 3.63) is 36.9 Å². The molecule has 1 aliphatic rings. The fourth-order valence-corrected chi connectivity index (χ4v) is 3.60. The van der Waals surface area contributed by atoms with Crippen LogP contribution in [0.25, 0.3) is 0 Å². The number of hydrogen-bond acceptors (Lipinski definition) is 4. The smallest absolute Gasteiger partial charge is 0.243 e. The Morgan fingerprint density at radius 1 is 1.35 bits per heavy atom. The Hall–Kier alpha value is -1.37. The minimum Gasteiger partial charge on any atom is -0.491 e. The normalized spacial score (nSPS) is 15.3. The maximum Gasteiger partial charge on any atom is 0.243 e. The number of aliphatic hydroxyl groups is 1. The lowest BCUT2D eigenvalue weighted by Crippen LogP contribution is -2.33. The third kappa shape index (κ3) is 3.39. The van der Waals surface area contributed by atoms with E-state index >= 15 is 0 Å². The molecule has 0 atom stereocenters. The first-order valence-corrected chi connectivity index (χ1v) is 8.00. The van der Waals surface area contributed by atoms with Crippen molar-refractivity contribution in [1.82, 2.24) is 4.31 Å². The van der Waals surface area contributed by atoms with Gasteiger partial charge < -0.3 is 9.84 Å². The lowest BCUT2D eigenvalue weighted by Gasteiger charge is -2.20. The Balaban J connectivity index is 2.17. The van der Waals surface area contributed by atoms with Gasteiger partial charge in [-0.1, -0.05) is 6.08 Å². The van der Waals surface area contributed by atoms with Crippen molar-refractivity contribution in [3.8, 4) is 5.75 Å². The number of hydrogen-bond donors (Lipinski definition) is 1. The van der Waals surface area contributed by atoms with Crippen molar-refractivity contribution in [2.24, 2.45) is 0 Å². The van der Waals surface area contributed by atoms with Crippen LogP contribution < -0.4 is 4.74 Å². The van der Waals surface area contributed by atoms with Crippen molar-refractivity contribution in [2.75, 3.05) is 19.8 Å². The summed E-state index contributed by atoms with van der Waals surface area (Å²) in [5.41, 5.74) is 0. The molecule has 0 aromatic heterocycles. The highest BCUT2D eigenvalue weighted by Crippen LogP contribution is 2.32. The zero-order valence-corrected chi connectivity index (χ0v) is 12.1. The second-order valence-electron chi connectivity index (χ2n) is 4.64. The molecular weight excluding hydrogens is 278 g/mol. The van der Waals surface area contributed by atoms with Crippen LogP contribution in [0.1, 0.15) is 12.8 Å². The molecule has 0 heterocycles. The van der Waals surface area contributed by atoms with Gasteiger partial charge in [-0.05, 0) is 37.1 Å². The number of ether oxygens (including phenoxy) is 1. The van der Waals surface area contributed by atoms with Crippen molar-refractivity contribution < 1.29 is 18.3 Å². The van der Waals surface area contributed by atoms with E-state index in [9.17, 15) is 8.42 Å². The molecular formula is C14H19NO4S. The number of benzene rings is 1. The highest BCUT2D eigenvalue weighted by atomic mass is 32.2. The van der Waals surface area contributed by atoms with Crippen LogP contribution in [0.2, 0.25) is 0 Å². The number of sulfonamides is 1. The third-order valence-electron chi connectivity index (χ3n) is 3.05. The molecule has 6 heteroatoms. The molecule has 1 saturated carbocycles. The Labute approximate surface area is 119 Å². The second-order valence-corrected chi connectivity index (χ2v) is 6.53. The summed E-state index contributed by atoms with van der Waals surface area (Å²) < 4.78 is 31.8. The summed E-state index contributed by atoms with van der Waals surface area (Å²) in [5, 5.41) is 8.67. The fourth-order valence-electron chi connectivity index (χ4n) is 1.94. The maximum absolute atomic E-state index is 12.5. The molecule has 110 valence electrons. The first-order chi connectivity index (χ1) is 9.59. The Morgan fingerprint density at radius 2 is 2.00 bits per heavy atom. The van der Waals surface area contributed by atoms with Crippen molar-refractivity contribution >= 4 is 10.0 Å². The zero-order chi connectivity index (χ0) is 14.6. The summed E-state index contributed by atoms with van der Waals surface area (Å²) >= 11 is 0. The van der Waals surface area contributed by atoms with E-state index in [4.69, 9.17) is 9.84 Å². The Kier molecular flexibility index (Phi) is 4.80. The molecule has 1 aromatic rings. The Morgan fingerprint density at radius 3 is 2.50 bits per heavy atom. The van der Waals surface area contributed by atoms with Gasteiger partial charge in [0.15, 0.2) is 0 Å². The van der Waals surface area contributed by atoms with Crippen LogP contribution in [-0.2, 0) is 10.0 Å². The summed E-state index contributed by atoms with van der Waals surface area (Å²) in [6, 6.07) is 6.35. The van der Waals surface area contributed by atoms with E-state index in [1.165, 1.54) is 16.4 Å². The molecule has 1 aliphatic carbocycles. The molecule has 20 heavy (non-hydrogen) atoms. The van der Waals surface area contributed by atoms with Gasteiger partial charge in [0.1, 0.15) is 12.4 Å². The molecule has 5 nitrogen and oxygen atoms in total. The molecule has 2 rings (SSSR count).